The van der Waals surface area contributed by atoms with Crippen LogP contribution in [0.15, 0.2) is 79.0 Å². The van der Waals surface area contributed by atoms with Crippen LogP contribution in [0, 0.1) is 0 Å². The third-order valence-electron chi connectivity index (χ3n) is 5.79. The van der Waals surface area contributed by atoms with Crippen molar-refractivity contribution in [3.63, 3.8) is 0 Å². The van der Waals surface area contributed by atoms with Gasteiger partial charge in [0.1, 0.15) is 0 Å². The van der Waals surface area contributed by atoms with Gasteiger partial charge in [-0.2, -0.15) is 9.78 Å². The minimum Gasteiger partial charge on any atom is -0.493 e. The molecule has 0 aliphatic rings. The van der Waals surface area contributed by atoms with Crippen molar-refractivity contribution < 1.29 is 24.5 Å². The lowest BCUT2D eigenvalue weighted by molar-refractivity contribution is -0.153. The molecule has 0 saturated heterocycles. The third kappa shape index (κ3) is 6.76. The lowest BCUT2D eigenvalue weighted by Crippen LogP contribution is -2.41. The Balaban J connectivity index is 1.52. The van der Waals surface area contributed by atoms with Crippen molar-refractivity contribution in [2.24, 2.45) is 0 Å². The molecule has 196 valence electrons. The SMILES string of the molecule is CCOC(=O)[C@H](O)C[C@@H](Cc1ccc(-c2cccc(Cl)c2)cc1)NC(=O)c1cc(O)n(-c2ccccn2)n1. The van der Waals surface area contributed by atoms with Gasteiger partial charge in [-0.1, -0.05) is 54.1 Å². The number of hydrogen-bond donors (Lipinski definition) is 3. The molecular formula is C28H27ClN4O5. The van der Waals surface area contributed by atoms with E-state index in [-0.39, 0.29) is 24.6 Å². The molecule has 2 aromatic heterocycles. The standard InChI is InChI=1S/C28H27ClN4O5/c1-2-38-28(37)24(34)16-22(14-18-9-11-19(12-10-18)20-6-5-7-21(29)15-20)31-27(36)23-17-26(35)33(32-23)25-8-3-4-13-30-25/h3-13,15,17,22,24,34-35H,2,14,16H2,1H3,(H,31,36)/t22-,24-/m1/s1. The van der Waals surface area contributed by atoms with E-state index in [1.807, 2.05) is 42.5 Å². The number of carbonyl (C=O) groups excluding carboxylic acids is 2. The largest absolute Gasteiger partial charge is 0.493 e. The van der Waals surface area contributed by atoms with Crippen LogP contribution in [-0.2, 0) is 16.0 Å². The third-order valence-corrected chi connectivity index (χ3v) is 6.02. The first-order chi connectivity index (χ1) is 18.3. The van der Waals surface area contributed by atoms with E-state index in [1.54, 1.807) is 37.4 Å². The Labute approximate surface area is 224 Å². The van der Waals surface area contributed by atoms with Crippen molar-refractivity contribution in [1.29, 1.82) is 0 Å². The molecule has 0 saturated carbocycles. The first-order valence-corrected chi connectivity index (χ1v) is 12.4. The molecule has 2 atom stereocenters. The van der Waals surface area contributed by atoms with Gasteiger partial charge >= 0.3 is 5.97 Å². The molecular weight excluding hydrogens is 508 g/mol. The molecule has 10 heteroatoms. The summed E-state index contributed by atoms with van der Waals surface area (Å²) < 4.78 is 6.06. The number of esters is 1. The Bertz CT molecular complexity index is 1390. The summed E-state index contributed by atoms with van der Waals surface area (Å²) in [5.74, 6) is -1.25. The number of hydrogen-bond acceptors (Lipinski definition) is 7. The van der Waals surface area contributed by atoms with Crippen LogP contribution < -0.4 is 5.32 Å². The van der Waals surface area contributed by atoms with Crippen molar-refractivity contribution in [2.45, 2.75) is 31.9 Å². The lowest BCUT2D eigenvalue weighted by Gasteiger charge is -2.21. The first kappa shape index (κ1) is 26.8. The molecule has 0 spiro atoms. The topological polar surface area (TPSA) is 127 Å². The molecule has 0 fully saturated rings. The summed E-state index contributed by atoms with van der Waals surface area (Å²) in [6.07, 6.45) is 0.365. The van der Waals surface area contributed by atoms with E-state index in [0.29, 0.717) is 17.3 Å². The van der Waals surface area contributed by atoms with Crippen molar-refractivity contribution in [3.8, 4) is 22.8 Å². The summed E-state index contributed by atoms with van der Waals surface area (Å²) in [6, 6.07) is 20.9. The summed E-state index contributed by atoms with van der Waals surface area (Å²) in [5, 5.41) is 28.3. The Morgan fingerprint density at radius 3 is 2.53 bits per heavy atom. The first-order valence-electron chi connectivity index (χ1n) is 12.0. The zero-order valence-electron chi connectivity index (χ0n) is 20.6. The zero-order valence-corrected chi connectivity index (χ0v) is 21.4. The number of rotatable bonds is 10. The highest BCUT2D eigenvalue weighted by atomic mass is 35.5. The average molecular weight is 535 g/mol. The molecule has 0 unspecified atom stereocenters. The average Bonchev–Trinajstić information content (AvgIpc) is 3.31. The normalized spacial score (nSPS) is 12.5. The van der Waals surface area contributed by atoms with Gasteiger partial charge in [0.2, 0.25) is 5.88 Å². The van der Waals surface area contributed by atoms with Crippen molar-refractivity contribution in [2.75, 3.05) is 6.61 Å². The van der Waals surface area contributed by atoms with Crippen LogP contribution in [0.3, 0.4) is 0 Å². The zero-order chi connectivity index (χ0) is 27.1. The summed E-state index contributed by atoms with van der Waals surface area (Å²) >= 11 is 6.11. The Morgan fingerprint density at radius 1 is 1.05 bits per heavy atom. The van der Waals surface area contributed by atoms with E-state index in [1.165, 1.54) is 6.07 Å². The Kier molecular flexibility index (Phi) is 8.73. The highest BCUT2D eigenvalue weighted by Crippen LogP contribution is 2.24. The Morgan fingerprint density at radius 2 is 1.84 bits per heavy atom. The Hall–Kier alpha value is -4.21. The summed E-state index contributed by atoms with van der Waals surface area (Å²) in [6.45, 7) is 1.78. The maximum Gasteiger partial charge on any atom is 0.335 e. The summed E-state index contributed by atoms with van der Waals surface area (Å²) in [7, 11) is 0. The highest BCUT2D eigenvalue weighted by Gasteiger charge is 2.25. The monoisotopic (exact) mass is 534 g/mol. The van der Waals surface area contributed by atoms with Crippen LogP contribution >= 0.6 is 11.6 Å². The minimum absolute atomic E-state index is 0.0416. The summed E-state index contributed by atoms with van der Waals surface area (Å²) in [4.78, 5) is 29.3. The number of pyridine rings is 1. The van der Waals surface area contributed by atoms with E-state index in [2.05, 4.69) is 15.4 Å². The number of halogens is 1. The molecule has 0 radical (unpaired) electrons. The number of carbonyl (C=O) groups is 2. The molecule has 0 bridgehead atoms. The van der Waals surface area contributed by atoms with Crippen LogP contribution in [-0.4, -0.2) is 55.6 Å². The molecule has 4 aromatic rings. The maximum absolute atomic E-state index is 13.1. The molecule has 0 aliphatic heterocycles. The second kappa shape index (κ2) is 12.4. The van der Waals surface area contributed by atoms with Gasteiger partial charge in [0.05, 0.1) is 6.61 Å². The molecule has 3 N–H and O–H groups in total. The number of amides is 1. The lowest BCUT2D eigenvalue weighted by atomic mass is 9.97. The van der Waals surface area contributed by atoms with Crippen LogP contribution in [0.4, 0.5) is 0 Å². The van der Waals surface area contributed by atoms with Crippen molar-refractivity contribution in [3.05, 3.63) is 95.3 Å². The second-order valence-corrected chi connectivity index (χ2v) is 9.01. The van der Waals surface area contributed by atoms with Gasteiger partial charge < -0.3 is 20.3 Å². The van der Waals surface area contributed by atoms with Gasteiger partial charge in [0, 0.05) is 29.7 Å². The quantitative estimate of drug-likeness (QED) is 0.263. The van der Waals surface area contributed by atoms with E-state index >= 15 is 0 Å². The fourth-order valence-electron chi connectivity index (χ4n) is 3.97. The number of aromatic hydroxyl groups is 1. The van der Waals surface area contributed by atoms with Crippen LogP contribution in [0.5, 0.6) is 5.88 Å². The van der Waals surface area contributed by atoms with Gasteiger partial charge in [0.15, 0.2) is 17.6 Å². The molecule has 0 aliphatic carbocycles. The highest BCUT2D eigenvalue weighted by molar-refractivity contribution is 6.30. The van der Waals surface area contributed by atoms with Crippen molar-refractivity contribution >= 4 is 23.5 Å². The number of nitrogens with zero attached hydrogens (tertiary/aromatic N) is 3. The number of ether oxygens (including phenoxy) is 1. The fourth-order valence-corrected chi connectivity index (χ4v) is 4.16. The number of aliphatic hydroxyl groups is 1. The van der Waals surface area contributed by atoms with Crippen LogP contribution in [0.25, 0.3) is 16.9 Å². The van der Waals surface area contributed by atoms with Crippen LogP contribution in [0.2, 0.25) is 5.02 Å². The summed E-state index contributed by atoms with van der Waals surface area (Å²) in [5.41, 5.74) is 2.77. The smallest absolute Gasteiger partial charge is 0.335 e. The number of aromatic nitrogens is 3. The fraction of sp³-hybridized carbons (Fsp3) is 0.214. The molecule has 38 heavy (non-hydrogen) atoms. The van der Waals surface area contributed by atoms with Gasteiger partial charge in [-0.05, 0) is 54.3 Å². The number of benzene rings is 2. The maximum atomic E-state index is 13.1. The predicted molar refractivity (Wildman–Crippen MR) is 142 cm³/mol. The van der Waals surface area contributed by atoms with Crippen molar-refractivity contribution in [1.82, 2.24) is 20.1 Å². The van der Waals surface area contributed by atoms with Gasteiger partial charge in [0.25, 0.3) is 5.91 Å². The van der Waals surface area contributed by atoms with Gasteiger partial charge in [-0.25, -0.2) is 9.78 Å². The van der Waals surface area contributed by atoms with E-state index in [9.17, 15) is 19.8 Å². The molecule has 2 aromatic carbocycles. The molecule has 2 heterocycles. The minimum atomic E-state index is -1.43. The molecule has 9 nitrogen and oxygen atoms in total. The second-order valence-electron chi connectivity index (χ2n) is 8.57. The van der Waals surface area contributed by atoms with Gasteiger partial charge in [-0.15, -0.1) is 0 Å². The van der Waals surface area contributed by atoms with E-state index in [0.717, 1.165) is 21.4 Å². The molecule has 1 amide bonds. The molecule has 4 rings (SSSR count). The number of aliphatic hydroxyl groups excluding tert-OH is 1. The van der Waals surface area contributed by atoms with E-state index in [4.69, 9.17) is 16.3 Å². The van der Waals surface area contributed by atoms with E-state index < -0.39 is 24.0 Å². The predicted octanol–water partition coefficient (Wildman–Crippen LogP) is 3.95. The van der Waals surface area contributed by atoms with Crippen LogP contribution in [0.1, 0.15) is 29.4 Å². The number of nitrogens with one attached hydrogen (secondary N) is 1. The van der Waals surface area contributed by atoms with Gasteiger partial charge in [-0.3, -0.25) is 4.79 Å².